The molecule has 0 atom stereocenters. The van der Waals surface area contributed by atoms with E-state index in [4.69, 9.17) is 0 Å². The van der Waals surface area contributed by atoms with E-state index >= 15 is 0 Å². The lowest BCUT2D eigenvalue weighted by Crippen LogP contribution is -2.18. The Hall–Kier alpha value is -3.26. The first-order valence-corrected chi connectivity index (χ1v) is 8.73. The molecule has 0 fully saturated rings. The van der Waals surface area contributed by atoms with Gasteiger partial charge in [-0.05, 0) is 22.9 Å². The Morgan fingerprint density at radius 2 is 1.64 bits per heavy atom. The average Bonchev–Trinajstić information content (AvgIpc) is 2.62. The largest absolute Gasteiger partial charge is 0.276 e. The van der Waals surface area contributed by atoms with Gasteiger partial charge in [-0.1, -0.05) is 42.5 Å². The van der Waals surface area contributed by atoms with Crippen LogP contribution in [0, 0.1) is 10.1 Å². The average molecular weight is 355 g/mol. The second-order valence-electron chi connectivity index (χ2n) is 5.17. The molecule has 0 heterocycles. The van der Waals surface area contributed by atoms with E-state index < -0.39 is 14.9 Å². The van der Waals surface area contributed by atoms with Crippen LogP contribution in [0.25, 0.3) is 10.8 Å². The van der Waals surface area contributed by atoms with Crippen molar-refractivity contribution < 1.29 is 13.3 Å². The molecule has 0 aromatic heterocycles. The summed E-state index contributed by atoms with van der Waals surface area (Å²) in [4.78, 5) is 12.0. The van der Waals surface area contributed by atoms with Gasteiger partial charge >= 0.3 is 0 Å². The van der Waals surface area contributed by atoms with E-state index in [9.17, 15) is 18.5 Å². The lowest BCUT2D eigenvalue weighted by Gasteiger charge is -2.04. The number of rotatable bonds is 5. The number of hydrogen-bond acceptors (Lipinski definition) is 5. The highest BCUT2D eigenvalue weighted by atomic mass is 32.2. The molecule has 8 heteroatoms. The maximum atomic E-state index is 12.2. The van der Waals surface area contributed by atoms with Crippen LogP contribution in [0.2, 0.25) is 0 Å². The zero-order valence-corrected chi connectivity index (χ0v) is 13.7. The molecule has 7 nitrogen and oxygen atoms in total. The van der Waals surface area contributed by atoms with Gasteiger partial charge in [-0.2, -0.15) is 13.5 Å². The summed E-state index contributed by atoms with van der Waals surface area (Å²) in [5.74, 6) is 0. The van der Waals surface area contributed by atoms with Crippen molar-refractivity contribution in [1.82, 2.24) is 4.83 Å². The normalized spacial score (nSPS) is 11.7. The molecule has 0 amide bonds. The maximum absolute atomic E-state index is 12.2. The summed E-state index contributed by atoms with van der Waals surface area (Å²) in [7, 11) is -3.90. The Morgan fingerprint density at radius 1 is 0.960 bits per heavy atom. The minimum Gasteiger partial charge on any atom is -0.258 e. The summed E-state index contributed by atoms with van der Waals surface area (Å²) in [5.41, 5.74) is 0.586. The first-order valence-electron chi connectivity index (χ1n) is 7.24. The van der Waals surface area contributed by atoms with Crippen molar-refractivity contribution in [2.75, 3.05) is 0 Å². The maximum Gasteiger partial charge on any atom is 0.276 e. The molecule has 0 saturated carbocycles. The van der Waals surface area contributed by atoms with Gasteiger partial charge in [0.15, 0.2) is 0 Å². The van der Waals surface area contributed by atoms with Crippen molar-refractivity contribution in [1.29, 1.82) is 0 Å². The number of hydrogen-bond donors (Lipinski definition) is 1. The molecular weight excluding hydrogens is 342 g/mol. The van der Waals surface area contributed by atoms with Gasteiger partial charge in [0.2, 0.25) is 0 Å². The van der Waals surface area contributed by atoms with Crippen molar-refractivity contribution in [2.24, 2.45) is 5.10 Å². The fourth-order valence-corrected chi connectivity index (χ4v) is 3.12. The van der Waals surface area contributed by atoms with Crippen molar-refractivity contribution in [2.45, 2.75) is 4.90 Å². The highest BCUT2D eigenvalue weighted by Crippen LogP contribution is 2.17. The number of nitro groups is 1. The van der Waals surface area contributed by atoms with Crippen LogP contribution < -0.4 is 4.83 Å². The number of nitrogens with zero attached hydrogens (tertiary/aromatic N) is 2. The van der Waals surface area contributed by atoms with Crippen LogP contribution in [0.15, 0.2) is 76.7 Å². The fourth-order valence-electron chi connectivity index (χ4n) is 2.33. The van der Waals surface area contributed by atoms with Gasteiger partial charge in [-0.15, -0.1) is 0 Å². The van der Waals surface area contributed by atoms with Crippen molar-refractivity contribution in [3.05, 3.63) is 82.4 Å². The molecule has 0 spiro atoms. The number of fused-ring (bicyclic) bond motifs is 1. The highest BCUT2D eigenvalue weighted by Gasteiger charge is 2.14. The monoisotopic (exact) mass is 355 g/mol. The lowest BCUT2D eigenvalue weighted by atomic mass is 10.1. The standard InChI is InChI=1S/C17H13N3O4S/c21-20(22)15-8-10-16(11-9-15)25(23,24)19-18-12-14-6-3-5-13-4-1-2-7-17(13)14/h1-12,19H/b18-12+. The lowest BCUT2D eigenvalue weighted by molar-refractivity contribution is -0.384. The summed E-state index contributed by atoms with van der Waals surface area (Å²) in [6, 6.07) is 17.9. The van der Waals surface area contributed by atoms with Crippen LogP contribution in [-0.4, -0.2) is 19.6 Å². The molecule has 0 radical (unpaired) electrons. The highest BCUT2D eigenvalue weighted by molar-refractivity contribution is 7.89. The molecule has 3 aromatic carbocycles. The topological polar surface area (TPSA) is 102 Å². The van der Waals surface area contributed by atoms with Crippen LogP contribution in [0.3, 0.4) is 0 Å². The van der Waals surface area contributed by atoms with Gasteiger partial charge in [0, 0.05) is 17.7 Å². The Morgan fingerprint density at radius 3 is 2.36 bits per heavy atom. The van der Waals surface area contributed by atoms with E-state index in [1.807, 2.05) is 42.5 Å². The molecule has 3 aromatic rings. The van der Waals surface area contributed by atoms with Gasteiger partial charge in [0.25, 0.3) is 15.7 Å². The van der Waals surface area contributed by atoms with Crippen LogP contribution in [-0.2, 0) is 10.0 Å². The third-order valence-corrected chi connectivity index (χ3v) is 4.80. The quantitative estimate of drug-likeness (QED) is 0.432. The third-order valence-electron chi connectivity index (χ3n) is 3.56. The number of nitrogens with one attached hydrogen (secondary N) is 1. The molecule has 0 unspecified atom stereocenters. The zero-order valence-electron chi connectivity index (χ0n) is 12.9. The van der Waals surface area contributed by atoms with Crippen LogP contribution in [0.4, 0.5) is 5.69 Å². The Bertz CT molecular complexity index is 1060. The van der Waals surface area contributed by atoms with Gasteiger partial charge in [0.05, 0.1) is 16.0 Å². The molecule has 126 valence electrons. The minimum absolute atomic E-state index is 0.104. The molecule has 3 rings (SSSR count). The van der Waals surface area contributed by atoms with E-state index in [1.54, 1.807) is 0 Å². The van der Waals surface area contributed by atoms with E-state index in [-0.39, 0.29) is 10.6 Å². The van der Waals surface area contributed by atoms with Crippen LogP contribution in [0.1, 0.15) is 5.56 Å². The zero-order chi connectivity index (χ0) is 17.9. The molecule has 0 bridgehead atoms. The van der Waals surface area contributed by atoms with Crippen molar-refractivity contribution in [3.8, 4) is 0 Å². The number of hydrazone groups is 1. The number of sulfonamides is 1. The smallest absolute Gasteiger partial charge is 0.258 e. The van der Waals surface area contributed by atoms with E-state index in [0.717, 1.165) is 40.6 Å². The van der Waals surface area contributed by atoms with E-state index in [1.165, 1.54) is 6.21 Å². The predicted molar refractivity (Wildman–Crippen MR) is 95.0 cm³/mol. The SMILES string of the molecule is O=[N+]([O-])c1ccc(S(=O)(=O)N/N=C/c2cccc3ccccc23)cc1. The van der Waals surface area contributed by atoms with Crippen molar-refractivity contribution >= 4 is 32.7 Å². The molecule has 0 saturated heterocycles. The Kier molecular flexibility index (Phi) is 4.44. The molecule has 25 heavy (non-hydrogen) atoms. The van der Waals surface area contributed by atoms with Crippen LogP contribution in [0.5, 0.6) is 0 Å². The molecular formula is C17H13N3O4S. The fraction of sp³-hybridized carbons (Fsp3) is 0. The number of non-ortho nitro benzene ring substituents is 1. The summed E-state index contributed by atoms with van der Waals surface area (Å²) in [6.07, 6.45) is 1.42. The predicted octanol–water partition coefficient (Wildman–Crippen LogP) is 3.06. The molecule has 0 aliphatic rings. The second-order valence-corrected chi connectivity index (χ2v) is 6.83. The molecule has 0 aliphatic heterocycles. The Balaban J connectivity index is 1.81. The van der Waals surface area contributed by atoms with Gasteiger partial charge in [0.1, 0.15) is 0 Å². The summed E-state index contributed by atoms with van der Waals surface area (Å²) in [5, 5.41) is 16.4. The van der Waals surface area contributed by atoms with Crippen molar-refractivity contribution in [3.63, 3.8) is 0 Å². The second kappa shape index (κ2) is 6.70. The number of nitro benzene ring substituents is 1. The first kappa shape index (κ1) is 16.6. The molecule has 1 N–H and O–H groups in total. The first-order chi connectivity index (χ1) is 12.0. The van der Waals surface area contributed by atoms with E-state index in [0.29, 0.717) is 0 Å². The Labute approximate surface area is 143 Å². The minimum atomic E-state index is -3.90. The number of benzene rings is 3. The van der Waals surface area contributed by atoms with Gasteiger partial charge in [-0.25, -0.2) is 4.83 Å². The summed E-state index contributed by atoms with van der Waals surface area (Å²) < 4.78 is 24.3. The summed E-state index contributed by atoms with van der Waals surface area (Å²) in [6.45, 7) is 0. The third kappa shape index (κ3) is 3.64. The van der Waals surface area contributed by atoms with E-state index in [2.05, 4.69) is 9.93 Å². The summed E-state index contributed by atoms with van der Waals surface area (Å²) >= 11 is 0. The molecule has 0 aliphatic carbocycles. The van der Waals surface area contributed by atoms with Crippen LogP contribution >= 0.6 is 0 Å². The van der Waals surface area contributed by atoms with Gasteiger partial charge in [-0.3, -0.25) is 10.1 Å². The van der Waals surface area contributed by atoms with Gasteiger partial charge < -0.3 is 0 Å².